The fraction of sp³-hybridized carbons (Fsp3) is 0.0417. The number of nitriles is 1. The predicted molar refractivity (Wildman–Crippen MR) is 133 cm³/mol. The second kappa shape index (κ2) is 11.5. The van der Waals surface area contributed by atoms with Crippen LogP contribution in [0.2, 0.25) is 10.0 Å². The molecule has 3 rings (SSSR count). The van der Waals surface area contributed by atoms with Gasteiger partial charge < -0.3 is 15.4 Å². The van der Waals surface area contributed by atoms with Crippen LogP contribution in [0.5, 0.6) is 5.75 Å². The average Bonchev–Trinajstić information content (AvgIpc) is 2.81. The maximum atomic E-state index is 12.4. The minimum absolute atomic E-state index is 0.117. The van der Waals surface area contributed by atoms with Crippen molar-refractivity contribution in [3.05, 3.63) is 92.4 Å². The molecular weight excluding hydrogens is 529 g/mol. The highest BCUT2D eigenvalue weighted by atomic mass is 79.9. The molecule has 166 valence electrons. The molecule has 0 saturated carbocycles. The molecule has 0 atom stereocenters. The molecule has 0 aliphatic carbocycles. The molecule has 3 aromatic carbocycles. The van der Waals surface area contributed by atoms with E-state index in [-0.39, 0.29) is 28.1 Å². The van der Waals surface area contributed by atoms with Crippen LogP contribution in [0, 0.1) is 11.3 Å². The highest BCUT2D eigenvalue weighted by Gasteiger charge is 2.13. The summed E-state index contributed by atoms with van der Waals surface area (Å²) < 4.78 is 6.40. The lowest BCUT2D eigenvalue weighted by Gasteiger charge is -2.08. The molecule has 0 aliphatic heterocycles. The Balaban J connectivity index is 1.59. The molecule has 0 aliphatic rings. The summed E-state index contributed by atoms with van der Waals surface area (Å²) in [6.07, 6.45) is 1.43. The maximum Gasteiger partial charge on any atom is 0.266 e. The van der Waals surface area contributed by atoms with E-state index in [1.54, 1.807) is 54.6 Å². The van der Waals surface area contributed by atoms with Gasteiger partial charge in [-0.15, -0.1) is 0 Å². The number of amides is 2. The molecule has 2 amide bonds. The highest BCUT2D eigenvalue weighted by molar-refractivity contribution is 9.10. The normalized spacial score (nSPS) is 10.8. The number of rotatable bonds is 7. The zero-order valence-corrected chi connectivity index (χ0v) is 20.0. The zero-order chi connectivity index (χ0) is 23.8. The van der Waals surface area contributed by atoms with Gasteiger partial charge in [-0.25, -0.2) is 0 Å². The molecule has 0 unspecified atom stereocenters. The quantitative estimate of drug-likeness (QED) is 0.269. The number of ether oxygens (including phenoxy) is 1. The van der Waals surface area contributed by atoms with Crippen molar-refractivity contribution in [2.45, 2.75) is 0 Å². The number of anilines is 2. The molecule has 9 heteroatoms. The first-order valence-corrected chi connectivity index (χ1v) is 11.1. The molecule has 0 radical (unpaired) electrons. The Morgan fingerprint density at radius 2 is 1.70 bits per heavy atom. The van der Waals surface area contributed by atoms with Gasteiger partial charge in [0, 0.05) is 10.2 Å². The van der Waals surface area contributed by atoms with Gasteiger partial charge in [0.25, 0.3) is 11.8 Å². The lowest BCUT2D eigenvalue weighted by molar-refractivity contribution is -0.118. The molecule has 3 aromatic rings. The summed E-state index contributed by atoms with van der Waals surface area (Å²) in [5, 5.41) is 15.2. The van der Waals surface area contributed by atoms with Crippen LogP contribution in [0.15, 0.2) is 76.8 Å². The van der Waals surface area contributed by atoms with E-state index in [0.29, 0.717) is 22.7 Å². The summed E-state index contributed by atoms with van der Waals surface area (Å²) in [7, 11) is 0. The van der Waals surface area contributed by atoms with E-state index in [4.69, 9.17) is 27.9 Å². The third kappa shape index (κ3) is 7.09. The Bertz CT molecular complexity index is 1240. The third-order valence-corrected chi connectivity index (χ3v) is 5.60. The average molecular weight is 545 g/mol. The smallest absolute Gasteiger partial charge is 0.266 e. The second-order valence-electron chi connectivity index (χ2n) is 6.64. The molecule has 6 nitrogen and oxygen atoms in total. The van der Waals surface area contributed by atoms with E-state index in [9.17, 15) is 14.9 Å². The molecule has 0 spiro atoms. The van der Waals surface area contributed by atoms with Gasteiger partial charge in [0.1, 0.15) is 17.4 Å². The van der Waals surface area contributed by atoms with Crippen molar-refractivity contribution in [1.82, 2.24) is 0 Å². The van der Waals surface area contributed by atoms with Crippen LogP contribution in [0.1, 0.15) is 5.56 Å². The Kier molecular flexibility index (Phi) is 8.50. The molecule has 33 heavy (non-hydrogen) atoms. The first-order valence-electron chi connectivity index (χ1n) is 9.51. The minimum Gasteiger partial charge on any atom is -0.484 e. The Labute approximate surface area is 208 Å². The highest BCUT2D eigenvalue weighted by Crippen LogP contribution is 2.29. The lowest BCUT2D eigenvalue weighted by Crippen LogP contribution is -2.20. The Hall–Kier alpha value is -3.31. The fourth-order valence-electron chi connectivity index (χ4n) is 2.64. The van der Waals surface area contributed by atoms with Gasteiger partial charge in [-0.1, -0.05) is 57.3 Å². The van der Waals surface area contributed by atoms with E-state index in [1.165, 1.54) is 6.08 Å². The molecular formula is C24H16BrCl2N3O3. The van der Waals surface area contributed by atoms with Crippen molar-refractivity contribution in [3.63, 3.8) is 0 Å². The second-order valence-corrected chi connectivity index (χ2v) is 8.34. The third-order valence-electron chi connectivity index (χ3n) is 4.25. The van der Waals surface area contributed by atoms with Gasteiger partial charge >= 0.3 is 0 Å². The monoisotopic (exact) mass is 543 g/mol. The summed E-state index contributed by atoms with van der Waals surface area (Å²) in [6.45, 7) is -0.169. The van der Waals surface area contributed by atoms with Crippen LogP contribution < -0.4 is 15.4 Å². The van der Waals surface area contributed by atoms with E-state index < -0.39 is 5.91 Å². The Morgan fingerprint density at radius 3 is 2.36 bits per heavy atom. The summed E-state index contributed by atoms with van der Waals surface area (Å²) in [5.41, 5.74) is 1.45. The van der Waals surface area contributed by atoms with E-state index in [1.807, 2.05) is 18.2 Å². The summed E-state index contributed by atoms with van der Waals surface area (Å²) in [6, 6.07) is 20.5. The minimum atomic E-state index is -0.619. The van der Waals surface area contributed by atoms with Crippen LogP contribution in [0.25, 0.3) is 6.08 Å². The molecule has 0 bridgehead atoms. The summed E-state index contributed by atoms with van der Waals surface area (Å²) >= 11 is 15.4. The zero-order valence-electron chi connectivity index (χ0n) is 16.9. The lowest BCUT2D eigenvalue weighted by atomic mass is 10.1. The largest absolute Gasteiger partial charge is 0.484 e. The summed E-state index contributed by atoms with van der Waals surface area (Å²) in [5.74, 6) is -0.456. The Morgan fingerprint density at radius 1 is 1.00 bits per heavy atom. The van der Waals surface area contributed by atoms with Gasteiger partial charge in [0.05, 0.1) is 15.7 Å². The number of hydrogen-bond acceptors (Lipinski definition) is 4. The van der Waals surface area contributed by atoms with Crippen molar-refractivity contribution in [1.29, 1.82) is 5.26 Å². The van der Waals surface area contributed by atoms with Gasteiger partial charge in [0.2, 0.25) is 0 Å². The van der Waals surface area contributed by atoms with E-state index in [0.717, 1.165) is 4.47 Å². The van der Waals surface area contributed by atoms with Crippen LogP contribution in [-0.2, 0) is 9.59 Å². The van der Waals surface area contributed by atoms with Crippen LogP contribution in [0.4, 0.5) is 11.4 Å². The molecule has 0 fully saturated rings. The topological polar surface area (TPSA) is 91.2 Å². The van der Waals surface area contributed by atoms with E-state index >= 15 is 0 Å². The van der Waals surface area contributed by atoms with E-state index in [2.05, 4.69) is 26.6 Å². The standard InChI is InChI=1S/C24H16BrCl2N3O3/c25-17-6-8-18(9-7-17)29-22(31)14-33-19-10-4-15(5-11-19)12-16(13-28)24(32)30-21-3-1-2-20(26)23(21)27/h1-12H,14H2,(H,29,31)(H,30,32)/b16-12+. The molecule has 0 saturated heterocycles. The molecule has 2 N–H and O–H groups in total. The van der Waals surface area contributed by atoms with Crippen molar-refractivity contribution in [3.8, 4) is 11.8 Å². The number of hydrogen-bond donors (Lipinski definition) is 2. The summed E-state index contributed by atoms with van der Waals surface area (Å²) in [4.78, 5) is 24.5. The van der Waals surface area contributed by atoms with Crippen LogP contribution >= 0.6 is 39.1 Å². The molecule has 0 heterocycles. The van der Waals surface area contributed by atoms with Gasteiger partial charge in [-0.05, 0) is 60.2 Å². The number of halogens is 3. The maximum absolute atomic E-state index is 12.4. The van der Waals surface area contributed by atoms with Crippen LogP contribution in [-0.4, -0.2) is 18.4 Å². The van der Waals surface area contributed by atoms with Gasteiger partial charge in [0.15, 0.2) is 6.61 Å². The fourth-order valence-corrected chi connectivity index (χ4v) is 3.26. The first-order chi connectivity index (χ1) is 15.9. The van der Waals surface area contributed by atoms with Crippen molar-refractivity contribution < 1.29 is 14.3 Å². The number of benzene rings is 3. The number of carbonyl (C=O) groups excluding carboxylic acids is 2. The predicted octanol–water partition coefficient (Wildman–Crippen LogP) is 6.32. The first kappa shape index (κ1) is 24.3. The van der Waals surface area contributed by atoms with Crippen molar-refractivity contribution in [2.75, 3.05) is 17.2 Å². The number of nitrogens with one attached hydrogen (secondary N) is 2. The molecule has 0 aromatic heterocycles. The van der Waals surface area contributed by atoms with Crippen molar-refractivity contribution in [2.24, 2.45) is 0 Å². The van der Waals surface area contributed by atoms with Crippen LogP contribution in [0.3, 0.4) is 0 Å². The van der Waals surface area contributed by atoms with Crippen molar-refractivity contribution >= 4 is 68.4 Å². The number of nitrogens with zero attached hydrogens (tertiary/aromatic N) is 1. The SMILES string of the molecule is N#C/C(=C\c1ccc(OCC(=O)Nc2ccc(Br)cc2)cc1)C(=O)Nc1cccc(Cl)c1Cl. The van der Waals surface area contributed by atoms with Gasteiger partial charge in [-0.3, -0.25) is 9.59 Å². The number of carbonyl (C=O) groups is 2. The van der Waals surface area contributed by atoms with Gasteiger partial charge in [-0.2, -0.15) is 5.26 Å².